The summed E-state index contributed by atoms with van der Waals surface area (Å²) in [5, 5.41) is 66.0. The van der Waals surface area contributed by atoms with E-state index in [0.29, 0.717) is 18.5 Å². The number of aliphatic hydroxyl groups excluding tert-OH is 4. The number of carbonyl (C=O) groups is 2. The van der Waals surface area contributed by atoms with Gasteiger partial charge in [0.2, 0.25) is 6.29 Å². The quantitative estimate of drug-likeness (QED) is 0.208. The molecule has 5 aliphatic carbocycles. The second-order valence-corrected chi connectivity index (χ2v) is 18.1. The molecular formula is C39H40N2O9S2. The molecule has 12 rings (SSSR count). The number of benzene rings is 1. The van der Waals surface area contributed by atoms with Crippen LogP contribution in [-0.4, -0.2) is 91.6 Å². The first-order chi connectivity index (χ1) is 25.0. The lowest BCUT2D eigenvalue weighted by Gasteiger charge is -2.55. The number of hydrogen-bond acceptors (Lipinski definition) is 13. The van der Waals surface area contributed by atoms with Crippen molar-refractivity contribution in [3.8, 4) is 5.75 Å². The molecule has 13 heteroatoms. The van der Waals surface area contributed by atoms with E-state index in [-0.39, 0.29) is 51.9 Å². The Balaban J connectivity index is 1.19. The number of aliphatic hydroxyl groups is 5. The highest BCUT2D eigenvalue weighted by molar-refractivity contribution is 8.77. The Bertz CT molecular complexity index is 2050. The molecule has 12 bridgehead atoms. The topological polar surface area (TPSA) is 178 Å². The van der Waals surface area contributed by atoms with Gasteiger partial charge in [0.15, 0.2) is 11.6 Å². The molecule has 0 amide bonds. The Kier molecular flexibility index (Phi) is 7.27. The highest BCUT2D eigenvalue weighted by Gasteiger charge is 2.65. The monoisotopic (exact) mass is 744 g/mol. The highest BCUT2D eigenvalue weighted by atomic mass is 33.1. The third-order valence-corrected chi connectivity index (χ3v) is 15.8. The van der Waals surface area contributed by atoms with E-state index in [9.17, 15) is 35.1 Å². The summed E-state index contributed by atoms with van der Waals surface area (Å²) < 4.78 is 12.3. The number of nitrogens with one attached hydrogen (secondary N) is 2. The summed E-state index contributed by atoms with van der Waals surface area (Å²) in [6.45, 7) is 1.66. The van der Waals surface area contributed by atoms with Crippen LogP contribution in [-0.2, 0) is 4.74 Å². The molecule has 10 atom stereocenters. The molecule has 2 saturated carbocycles. The minimum absolute atomic E-state index is 0.0250. The van der Waals surface area contributed by atoms with Gasteiger partial charge in [-0.25, -0.2) is 0 Å². The average molecular weight is 745 g/mol. The van der Waals surface area contributed by atoms with Gasteiger partial charge in [0, 0.05) is 28.8 Å². The molecule has 1 saturated heterocycles. The van der Waals surface area contributed by atoms with Crippen LogP contribution in [0.15, 0.2) is 87.5 Å². The van der Waals surface area contributed by atoms with Crippen molar-refractivity contribution in [1.82, 2.24) is 10.6 Å². The molecule has 1 aromatic carbocycles. The normalized spacial score (nSPS) is 41.4. The van der Waals surface area contributed by atoms with Crippen molar-refractivity contribution in [2.24, 2.45) is 22.7 Å². The van der Waals surface area contributed by atoms with Crippen LogP contribution in [0.25, 0.3) is 0 Å². The lowest BCUT2D eigenvalue weighted by molar-refractivity contribution is -0.320. The van der Waals surface area contributed by atoms with E-state index in [1.54, 1.807) is 35.9 Å². The van der Waals surface area contributed by atoms with Gasteiger partial charge in [-0.15, -0.1) is 0 Å². The zero-order valence-electron chi connectivity index (χ0n) is 28.4. The lowest BCUT2D eigenvalue weighted by Crippen LogP contribution is -2.69. The number of ether oxygens (including phenoxy) is 2. The first kappa shape index (κ1) is 33.3. The minimum Gasteiger partial charge on any atom is -0.511 e. The fraction of sp³-hybridized carbons (Fsp3) is 0.487. The summed E-state index contributed by atoms with van der Waals surface area (Å²) in [5.41, 5.74) is 2.04. The Labute approximate surface area is 308 Å². The van der Waals surface area contributed by atoms with Crippen LogP contribution >= 0.6 is 21.6 Å². The third-order valence-electron chi connectivity index (χ3n) is 13.2. The van der Waals surface area contributed by atoms with Crippen LogP contribution in [0.1, 0.15) is 59.7 Å². The minimum atomic E-state index is -2.20. The van der Waals surface area contributed by atoms with Crippen LogP contribution in [0.2, 0.25) is 0 Å². The summed E-state index contributed by atoms with van der Waals surface area (Å²) in [4.78, 5) is 29.4. The van der Waals surface area contributed by atoms with Gasteiger partial charge in [0.25, 0.3) is 0 Å². The zero-order valence-corrected chi connectivity index (χ0v) is 30.1. The lowest BCUT2D eigenvalue weighted by atomic mass is 9.54. The van der Waals surface area contributed by atoms with Crippen molar-refractivity contribution in [3.05, 3.63) is 98.6 Å². The molecule has 272 valence electrons. The predicted octanol–water partition coefficient (Wildman–Crippen LogP) is 3.50. The van der Waals surface area contributed by atoms with Gasteiger partial charge in [0.1, 0.15) is 52.0 Å². The Morgan fingerprint density at radius 1 is 1.12 bits per heavy atom. The molecule has 10 unspecified atom stereocenters. The number of Topliss-reactive ketones (excluding diaryl/α,β-unsaturated/α-hetero) is 2. The second-order valence-electron chi connectivity index (χ2n) is 15.7. The molecule has 6 heterocycles. The SMILES string of the molecule is CC1=CC2C(=O)c3cccc4c3C(=O)C2(CSSC2NC3=C5C(=CCN3)C3(CCCC3C3=CCC2=C35)CC2(O)C(O)C(CO)OC(O4)C2O)C(O)=C1. The molecule has 11 nitrogen and oxygen atoms in total. The molecule has 6 aliphatic heterocycles. The average Bonchev–Trinajstić information content (AvgIpc) is 3.77. The highest BCUT2D eigenvalue weighted by Crippen LogP contribution is 2.67. The van der Waals surface area contributed by atoms with Crippen molar-refractivity contribution in [1.29, 1.82) is 0 Å². The van der Waals surface area contributed by atoms with E-state index >= 15 is 0 Å². The summed E-state index contributed by atoms with van der Waals surface area (Å²) in [6, 6.07) is 4.63. The van der Waals surface area contributed by atoms with Gasteiger partial charge in [-0.1, -0.05) is 63.9 Å². The maximum absolute atomic E-state index is 15.0. The van der Waals surface area contributed by atoms with E-state index in [4.69, 9.17) is 9.47 Å². The first-order valence-corrected chi connectivity index (χ1v) is 20.4. The van der Waals surface area contributed by atoms with E-state index in [1.165, 1.54) is 39.7 Å². The molecule has 2 spiro atoms. The number of allylic oxidation sites excluding steroid dienone is 9. The van der Waals surface area contributed by atoms with Gasteiger partial charge < -0.3 is 45.6 Å². The smallest absolute Gasteiger partial charge is 0.229 e. The van der Waals surface area contributed by atoms with Gasteiger partial charge in [0.05, 0.1) is 18.1 Å². The number of rotatable bonds is 1. The van der Waals surface area contributed by atoms with Crippen molar-refractivity contribution >= 4 is 33.2 Å². The van der Waals surface area contributed by atoms with Gasteiger partial charge in [-0.2, -0.15) is 0 Å². The molecule has 0 radical (unpaired) electrons. The Hall–Kier alpha value is -3.30. The number of carbonyl (C=O) groups excluding carboxylic acids is 2. The van der Waals surface area contributed by atoms with E-state index < -0.39 is 59.3 Å². The van der Waals surface area contributed by atoms with E-state index in [2.05, 4.69) is 22.8 Å². The first-order valence-electron chi connectivity index (χ1n) is 18.0. The molecule has 0 aromatic heterocycles. The standard InChI is InChI=1S/C39H40N2O9S2/c1-17-12-23-30(44)19-4-2-6-24-28(19)32(46)38(23,26(43)13-17)16-51-52-35-20-8-7-18-21-5-3-10-37(21,22-9-11-40-34(41-35)29(22)27(18)20)15-39(48)31(45)25(14-42)50-36(49-24)33(39)47/h2,4,6-7,9,12-13,21,23,25,31,33,35-36,40-43,45,47-48H,3,5,8,10-11,14-16H2,1H3. The maximum atomic E-state index is 15.0. The number of hydrogen-bond donors (Lipinski definition) is 7. The van der Waals surface area contributed by atoms with E-state index in [1.807, 2.05) is 0 Å². The summed E-state index contributed by atoms with van der Waals surface area (Å²) in [7, 11) is 3.02. The Morgan fingerprint density at radius 2 is 1.96 bits per heavy atom. The van der Waals surface area contributed by atoms with Gasteiger partial charge >= 0.3 is 0 Å². The van der Waals surface area contributed by atoms with Gasteiger partial charge in [-0.3, -0.25) is 9.59 Å². The van der Waals surface area contributed by atoms with Crippen molar-refractivity contribution in [2.45, 2.75) is 74.6 Å². The van der Waals surface area contributed by atoms with Crippen LogP contribution in [0.4, 0.5) is 0 Å². The third kappa shape index (κ3) is 4.13. The summed E-state index contributed by atoms with van der Waals surface area (Å²) in [5.74, 6) is -1.08. The fourth-order valence-electron chi connectivity index (χ4n) is 10.9. The molecular weight excluding hydrogens is 705 g/mol. The molecule has 1 aromatic rings. The maximum Gasteiger partial charge on any atom is 0.229 e. The zero-order chi connectivity index (χ0) is 35.9. The largest absolute Gasteiger partial charge is 0.511 e. The Morgan fingerprint density at radius 3 is 2.79 bits per heavy atom. The van der Waals surface area contributed by atoms with E-state index in [0.717, 1.165) is 36.2 Å². The van der Waals surface area contributed by atoms with Crippen molar-refractivity contribution in [2.75, 3.05) is 18.9 Å². The molecule has 11 aliphatic rings. The second kappa shape index (κ2) is 11.4. The summed E-state index contributed by atoms with van der Waals surface area (Å²) in [6.07, 6.45) is 4.50. The van der Waals surface area contributed by atoms with Crippen molar-refractivity contribution in [3.63, 3.8) is 0 Å². The number of ketones is 2. The predicted molar refractivity (Wildman–Crippen MR) is 193 cm³/mol. The van der Waals surface area contributed by atoms with Crippen LogP contribution in [0, 0.1) is 22.7 Å². The molecule has 3 fully saturated rings. The van der Waals surface area contributed by atoms with Crippen LogP contribution in [0.5, 0.6) is 5.75 Å². The molecule has 7 N–H and O–H groups in total. The van der Waals surface area contributed by atoms with Crippen LogP contribution < -0.4 is 15.4 Å². The molecule has 52 heavy (non-hydrogen) atoms. The fourth-order valence-corrected chi connectivity index (χ4v) is 13.9. The van der Waals surface area contributed by atoms with Gasteiger partial charge in [-0.05, 0) is 73.0 Å². The number of dihydropyridines is 2. The summed E-state index contributed by atoms with van der Waals surface area (Å²) >= 11 is 0. The van der Waals surface area contributed by atoms with Crippen molar-refractivity contribution < 1.29 is 44.6 Å². The van der Waals surface area contributed by atoms with Crippen LogP contribution in [0.3, 0.4) is 0 Å².